The van der Waals surface area contributed by atoms with Crippen molar-refractivity contribution in [2.75, 3.05) is 31.6 Å². The molecule has 1 aromatic heterocycles. The molecule has 44 heavy (non-hydrogen) atoms. The molecule has 4 rings (SSSR count). The molecule has 0 unspecified atom stereocenters. The Kier molecular flexibility index (Phi) is 12.1. The van der Waals surface area contributed by atoms with Gasteiger partial charge in [-0.05, 0) is 68.7 Å². The lowest BCUT2D eigenvalue weighted by Crippen LogP contribution is -2.48. The van der Waals surface area contributed by atoms with Gasteiger partial charge in [-0.3, -0.25) is 9.59 Å². The van der Waals surface area contributed by atoms with Crippen molar-refractivity contribution in [3.63, 3.8) is 0 Å². The van der Waals surface area contributed by atoms with E-state index in [1.165, 1.54) is 17.0 Å². The van der Waals surface area contributed by atoms with E-state index in [9.17, 15) is 14.7 Å². The van der Waals surface area contributed by atoms with Gasteiger partial charge >= 0.3 is 0 Å². The van der Waals surface area contributed by atoms with Gasteiger partial charge in [0.2, 0.25) is 0 Å². The SMILES string of the molecule is CCN(CC)c1cccc(CNC[C@@H](O)[C@H](Cc2ccccc2)NC(=O)c2cccc(C(=O)N(C)Cc3nc(C)cs3)c2)c1. The molecule has 0 aliphatic rings. The lowest BCUT2D eigenvalue weighted by atomic mass is 10.00. The quantitative estimate of drug-likeness (QED) is 0.173. The van der Waals surface area contributed by atoms with Gasteiger partial charge in [0.25, 0.3) is 11.8 Å². The number of aromatic nitrogens is 1. The molecular weight excluding hydrogens is 570 g/mol. The summed E-state index contributed by atoms with van der Waals surface area (Å²) in [6.45, 7) is 9.37. The van der Waals surface area contributed by atoms with Gasteiger partial charge in [0.1, 0.15) is 5.01 Å². The lowest BCUT2D eigenvalue weighted by molar-refractivity contribution is 0.0784. The molecular formula is C35H43N5O3S. The van der Waals surface area contributed by atoms with Crippen molar-refractivity contribution >= 4 is 28.8 Å². The van der Waals surface area contributed by atoms with Crippen LogP contribution in [0.5, 0.6) is 0 Å². The normalized spacial score (nSPS) is 12.4. The Morgan fingerprint density at radius 2 is 1.64 bits per heavy atom. The van der Waals surface area contributed by atoms with Crippen LogP contribution < -0.4 is 15.5 Å². The number of anilines is 1. The van der Waals surface area contributed by atoms with E-state index in [2.05, 4.69) is 58.6 Å². The van der Waals surface area contributed by atoms with E-state index >= 15 is 0 Å². The highest BCUT2D eigenvalue weighted by atomic mass is 32.1. The zero-order valence-electron chi connectivity index (χ0n) is 26.0. The molecule has 2 atom stereocenters. The Balaban J connectivity index is 1.42. The van der Waals surface area contributed by atoms with E-state index < -0.39 is 12.1 Å². The Morgan fingerprint density at radius 3 is 2.34 bits per heavy atom. The standard InChI is InChI=1S/C35H43N5O3S/c1-5-40(6-2)30-17-10-14-27(18-30)21-36-22-32(41)31(19-26-12-8-7-9-13-26)38-34(42)28-15-11-16-29(20-28)35(43)39(4)23-33-37-25(3)24-44-33/h7-18,20,24,31-32,36,41H,5-6,19,21-23H2,1-4H3,(H,38,42)/t31-,32+/m0/s1. The van der Waals surface area contributed by atoms with Crippen molar-refractivity contribution in [3.05, 3.63) is 117 Å². The number of carbonyl (C=O) groups is 2. The van der Waals surface area contributed by atoms with E-state index in [4.69, 9.17) is 0 Å². The van der Waals surface area contributed by atoms with Crippen LogP contribution in [-0.4, -0.2) is 65.6 Å². The average Bonchev–Trinajstić information content (AvgIpc) is 3.45. The predicted octanol–water partition coefficient (Wildman–Crippen LogP) is 5.06. The van der Waals surface area contributed by atoms with Crippen molar-refractivity contribution in [1.29, 1.82) is 0 Å². The third kappa shape index (κ3) is 9.22. The lowest BCUT2D eigenvalue weighted by Gasteiger charge is -2.25. The number of benzene rings is 3. The average molecular weight is 614 g/mol. The third-order valence-electron chi connectivity index (χ3n) is 7.56. The minimum atomic E-state index is -0.845. The van der Waals surface area contributed by atoms with Crippen molar-refractivity contribution < 1.29 is 14.7 Å². The Morgan fingerprint density at radius 1 is 0.932 bits per heavy atom. The van der Waals surface area contributed by atoms with E-state index in [0.717, 1.165) is 34.9 Å². The number of aryl methyl sites for hydroxylation is 1. The van der Waals surface area contributed by atoms with Gasteiger partial charge < -0.3 is 25.5 Å². The number of hydrogen-bond donors (Lipinski definition) is 3. The summed E-state index contributed by atoms with van der Waals surface area (Å²) >= 11 is 1.52. The van der Waals surface area contributed by atoms with E-state index in [1.54, 1.807) is 36.2 Å². The number of thiazole rings is 1. The number of hydrogen-bond acceptors (Lipinski definition) is 7. The number of amides is 2. The summed E-state index contributed by atoms with van der Waals surface area (Å²) in [5.41, 5.74) is 5.02. The first-order valence-corrected chi connectivity index (χ1v) is 16.0. The molecule has 0 bridgehead atoms. The first-order valence-electron chi connectivity index (χ1n) is 15.1. The maximum absolute atomic E-state index is 13.5. The molecule has 232 valence electrons. The molecule has 9 heteroatoms. The molecule has 3 aromatic carbocycles. The summed E-state index contributed by atoms with van der Waals surface area (Å²) in [5, 5.41) is 20.5. The maximum Gasteiger partial charge on any atom is 0.253 e. The van der Waals surface area contributed by atoms with Crippen LogP contribution in [0.4, 0.5) is 5.69 Å². The summed E-state index contributed by atoms with van der Waals surface area (Å²) < 4.78 is 0. The fourth-order valence-corrected chi connectivity index (χ4v) is 5.95. The zero-order valence-corrected chi connectivity index (χ0v) is 26.8. The molecule has 2 amide bonds. The van der Waals surface area contributed by atoms with Gasteiger partial charge in [0.15, 0.2) is 0 Å². The summed E-state index contributed by atoms with van der Waals surface area (Å²) in [4.78, 5) is 34.9. The molecule has 0 spiro atoms. The molecule has 4 aromatic rings. The maximum atomic E-state index is 13.5. The second-order valence-corrected chi connectivity index (χ2v) is 11.9. The fraction of sp³-hybridized carbons (Fsp3) is 0.343. The van der Waals surface area contributed by atoms with Crippen LogP contribution in [0.2, 0.25) is 0 Å². The zero-order chi connectivity index (χ0) is 31.5. The van der Waals surface area contributed by atoms with Gasteiger partial charge in [-0.25, -0.2) is 4.98 Å². The Labute approximate surface area is 264 Å². The van der Waals surface area contributed by atoms with Gasteiger partial charge in [0, 0.05) is 61.1 Å². The van der Waals surface area contributed by atoms with Gasteiger partial charge in [-0.1, -0.05) is 48.5 Å². The highest BCUT2D eigenvalue weighted by Crippen LogP contribution is 2.17. The van der Waals surface area contributed by atoms with Crippen LogP contribution in [-0.2, 0) is 19.5 Å². The van der Waals surface area contributed by atoms with Crippen LogP contribution >= 0.6 is 11.3 Å². The first kappa shape index (κ1) is 32.9. The minimum absolute atomic E-state index is 0.192. The molecule has 1 heterocycles. The third-order valence-corrected chi connectivity index (χ3v) is 8.51. The monoisotopic (exact) mass is 613 g/mol. The second kappa shape index (κ2) is 16.1. The number of nitrogens with zero attached hydrogens (tertiary/aromatic N) is 3. The molecule has 0 aliphatic carbocycles. The number of aliphatic hydroxyl groups excluding tert-OH is 1. The number of nitrogens with one attached hydrogen (secondary N) is 2. The second-order valence-electron chi connectivity index (χ2n) is 10.9. The van der Waals surface area contributed by atoms with E-state index in [0.29, 0.717) is 37.2 Å². The number of aliphatic hydroxyl groups is 1. The number of rotatable bonds is 15. The van der Waals surface area contributed by atoms with Crippen molar-refractivity contribution in [3.8, 4) is 0 Å². The topological polar surface area (TPSA) is 97.8 Å². The van der Waals surface area contributed by atoms with Gasteiger partial charge in [0.05, 0.1) is 18.7 Å². The van der Waals surface area contributed by atoms with E-state index in [1.807, 2.05) is 42.6 Å². The van der Waals surface area contributed by atoms with E-state index in [-0.39, 0.29) is 11.8 Å². The minimum Gasteiger partial charge on any atom is -0.390 e. The molecule has 3 N–H and O–H groups in total. The summed E-state index contributed by atoms with van der Waals surface area (Å²) in [6, 6.07) is 24.4. The van der Waals surface area contributed by atoms with Gasteiger partial charge in [-0.2, -0.15) is 0 Å². The summed E-state index contributed by atoms with van der Waals surface area (Å²) in [6.07, 6.45) is -0.385. The summed E-state index contributed by atoms with van der Waals surface area (Å²) in [5.74, 6) is -0.535. The van der Waals surface area contributed by atoms with Crippen LogP contribution in [0.25, 0.3) is 0 Å². The van der Waals surface area contributed by atoms with Crippen molar-refractivity contribution in [2.24, 2.45) is 0 Å². The molecule has 0 saturated heterocycles. The fourth-order valence-electron chi connectivity index (χ4n) is 5.13. The largest absolute Gasteiger partial charge is 0.390 e. The van der Waals surface area contributed by atoms with Crippen LogP contribution in [0.1, 0.15) is 56.4 Å². The first-order chi connectivity index (χ1) is 21.3. The highest BCUT2D eigenvalue weighted by Gasteiger charge is 2.23. The molecule has 0 aliphatic heterocycles. The van der Waals surface area contributed by atoms with Crippen LogP contribution in [0.3, 0.4) is 0 Å². The smallest absolute Gasteiger partial charge is 0.253 e. The highest BCUT2D eigenvalue weighted by molar-refractivity contribution is 7.09. The van der Waals surface area contributed by atoms with Gasteiger partial charge in [-0.15, -0.1) is 11.3 Å². The molecule has 0 radical (unpaired) electrons. The molecule has 0 saturated carbocycles. The van der Waals surface area contributed by atoms with Crippen molar-refractivity contribution in [2.45, 2.75) is 52.4 Å². The van der Waals surface area contributed by atoms with Crippen LogP contribution in [0, 0.1) is 6.92 Å². The number of carbonyl (C=O) groups excluding carboxylic acids is 2. The Hall–Kier alpha value is -4.05. The molecule has 0 fully saturated rings. The van der Waals surface area contributed by atoms with Crippen molar-refractivity contribution in [1.82, 2.24) is 20.5 Å². The summed E-state index contributed by atoms with van der Waals surface area (Å²) in [7, 11) is 1.73. The molecule has 8 nitrogen and oxygen atoms in total. The Bertz CT molecular complexity index is 1510. The van der Waals surface area contributed by atoms with Crippen LogP contribution in [0.15, 0.2) is 84.2 Å². The predicted molar refractivity (Wildman–Crippen MR) is 178 cm³/mol.